The van der Waals surface area contributed by atoms with E-state index in [-0.39, 0.29) is 0 Å². The van der Waals surface area contributed by atoms with Crippen molar-refractivity contribution in [2.24, 2.45) is 0 Å². The molecule has 22 heavy (non-hydrogen) atoms. The van der Waals surface area contributed by atoms with Gasteiger partial charge in [-0.2, -0.15) is 0 Å². The minimum absolute atomic E-state index is 0.290. The lowest BCUT2D eigenvalue weighted by molar-refractivity contribution is 1.00. The van der Waals surface area contributed by atoms with Crippen LogP contribution >= 0.6 is 46.5 Å². The molecule has 0 radical (unpaired) electrons. The summed E-state index contributed by atoms with van der Waals surface area (Å²) in [5.74, 6) is 0.290. The first-order valence-electron chi connectivity index (χ1n) is 6.01. The van der Waals surface area contributed by atoms with Crippen molar-refractivity contribution in [3.8, 4) is 0 Å². The molecule has 1 aromatic carbocycles. The number of benzene rings is 1. The number of imidazole rings is 1. The molecule has 3 heterocycles. The summed E-state index contributed by atoms with van der Waals surface area (Å²) < 4.78 is 3.07. The highest BCUT2D eigenvalue weighted by Crippen LogP contribution is 2.38. The van der Waals surface area contributed by atoms with Crippen LogP contribution in [0.4, 0.5) is 5.82 Å². The fourth-order valence-electron chi connectivity index (χ4n) is 1.94. The number of anilines is 1. The molecule has 6 nitrogen and oxygen atoms in total. The molecule has 0 aliphatic heterocycles. The van der Waals surface area contributed by atoms with Crippen LogP contribution in [0.15, 0.2) is 34.0 Å². The minimum Gasteiger partial charge on any atom is -0.382 e. The molecule has 3 aromatic heterocycles. The Morgan fingerprint density at radius 1 is 1.23 bits per heavy atom. The fourth-order valence-corrected chi connectivity index (χ4v) is 4.44. The van der Waals surface area contributed by atoms with E-state index in [1.165, 1.54) is 33.5 Å². The second-order valence-corrected chi connectivity index (χ2v) is 7.23. The third kappa shape index (κ3) is 2.19. The summed E-state index contributed by atoms with van der Waals surface area (Å²) in [6.45, 7) is 0. The van der Waals surface area contributed by atoms with E-state index in [1.54, 1.807) is 0 Å². The van der Waals surface area contributed by atoms with Crippen LogP contribution < -0.4 is 5.73 Å². The van der Waals surface area contributed by atoms with Gasteiger partial charge in [0.05, 0.1) is 15.2 Å². The highest BCUT2D eigenvalue weighted by molar-refractivity contribution is 8.01. The lowest BCUT2D eigenvalue weighted by Gasteiger charge is -1.94. The molecular formula is C12H6Cl2N6S2. The number of nitrogens with two attached hydrogens (primary N) is 1. The SMILES string of the molecule is Nc1ncnc2c1nc(Sc1nc3cccc(Cl)c3s1)n2Cl. The molecule has 110 valence electrons. The molecule has 10 heteroatoms. The summed E-state index contributed by atoms with van der Waals surface area (Å²) in [5.41, 5.74) is 7.57. The quantitative estimate of drug-likeness (QED) is 0.578. The second-order valence-electron chi connectivity index (χ2n) is 4.28. The average Bonchev–Trinajstić information content (AvgIpc) is 3.04. The third-order valence-electron chi connectivity index (χ3n) is 2.92. The number of hydrogen-bond acceptors (Lipinski definition) is 7. The van der Waals surface area contributed by atoms with Gasteiger partial charge in [0.15, 0.2) is 26.5 Å². The maximum Gasteiger partial charge on any atom is 0.192 e. The molecule has 0 bridgehead atoms. The highest BCUT2D eigenvalue weighted by atomic mass is 35.5. The smallest absolute Gasteiger partial charge is 0.192 e. The van der Waals surface area contributed by atoms with Gasteiger partial charge in [0.1, 0.15) is 6.33 Å². The predicted octanol–water partition coefficient (Wildman–Crippen LogP) is 3.82. The van der Waals surface area contributed by atoms with E-state index in [0.29, 0.717) is 27.2 Å². The van der Waals surface area contributed by atoms with E-state index >= 15 is 0 Å². The van der Waals surface area contributed by atoms with Gasteiger partial charge in [-0.15, -0.1) is 11.3 Å². The van der Waals surface area contributed by atoms with Gasteiger partial charge in [-0.25, -0.2) is 24.0 Å². The Morgan fingerprint density at radius 3 is 2.86 bits per heavy atom. The predicted molar refractivity (Wildman–Crippen MR) is 89.7 cm³/mol. The van der Waals surface area contributed by atoms with Gasteiger partial charge in [-0.3, -0.25) is 0 Å². The lowest BCUT2D eigenvalue weighted by Crippen LogP contribution is -1.92. The molecular weight excluding hydrogens is 363 g/mol. The maximum absolute atomic E-state index is 6.25. The number of rotatable bonds is 2. The van der Waals surface area contributed by atoms with Gasteiger partial charge in [0, 0.05) is 11.8 Å². The average molecular weight is 369 g/mol. The van der Waals surface area contributed by atoms with Crippen molar-refractivity contribution >= 4 is 73.7 Å². The zero-order valence-electron chi connectivity index (χ0n) is 10.7. The van der Waals surface area contributed by atoms with Crippen molar-refractivity contribution < 1.29 is 0 Å². The molecule has 0 amide bonds. The van der Waals surface area contributed by atoms with Crippen molar-refractivity contribution in [3.05, 3.63) is 29.5 Å². The van der Waals surface area contributed by atoms with Gasteiger partial charge in [0.2, 0.25) is 0 Å². The Labute approximate surface area is 142 Å². The maximum atomic E-state index is 6.25. The Kier molecular flexibility index (Phi) is 3.33. The van der Waals surface area contributed by atoms with Gasteiger partial charge in [-0.1, -0.05) is 17.7 Å². The topological polar surface area (TPSA) is 82.5 Å². The first-order chi connectivity index (χ1) is 10.6. The Morgan fingerprint density at radius 2 is 2.09 bits per heavy atom. The van der Waals surface area contributed by atoms with Crippen LogP contribution in [0.2, 0.25) is 5.02 Å². The summed E-state index contributed by atoms with van der Waals surface area (Å²) in [5, 5.41) is 1.20. The number of hydrogen-bond donors (Lipinski definition) is 1. The molecule has 0 aliphatic rings. The molecule has 0 fully saturated rings. The molecule has 0 saturated carbocycles. The van der Waals surface area contributed by atoms with Gasteiger partial charge in [0.25, 0.3) is 0 Å². The molecule has 0 aliphatic carbocycles. The van der Waals surface area contributed by atoms with Crippen LogP contribution in [0.1, 0.15) is 0 Å². The van der Waals surface area contributed by atoms with Crippen molar-refractivity contribution in [2.45, 2.75) is 9.50 Å². The number of fused-ring (bicyclic) bond motifs is 2. The van der Waals surface area contributed by atoms with Crippen LogP contribution in [0.25, 0.3) is 21.4 Å². The Hall–Kier alpha value is -1.61. The van der Waals surface area contributed by atoms with Crippen molar-refractivity contribution in [1.29, 1.82) is 0 Å². The fraction of sp³-hybridized carbons (Fsp3) is 0. The van der Waals surface area contributed by atoms with Gasteiger partial charge in [-0.05, 0) is 23.9 Å². The number of thiazole rings is 1. The molecule has 4 aromatic rings. The highest BCUT2D eigenvalue weighted by Gasteiger charge is 2.17. The van der Waals surface area contributed by atoms with E-state index in [9.17, 15) is 0 Å². The Bertz CT molecular complexity index is 1010. The standard InChI is InChI=1S/C12H6Cl2N6S2/c13-5-2-1-3-6-8(5)21-12(18-6)22-11-19-7-9(15)16-4-17-10(7)20(11)14/h1-4H,(H2,15,16,17). The zero-order chi connectivity index (χ0) is 15.3. The first kappa shape index (κ1) is 14.0. The summed E-state index contributed by atoms with van der Waals surface area (Å²) >= 11 is 15.2. The Balaban J connectivity index is 1.80. The van der Waals surface area contributed by atoms with Crippen LogP contribution in [0.5, 0.6) is 0 Å². The van der Waals surface area contributed by atoms with Crippen molar-refractivity contribution in [1.82, 2.24) is 24.0 Å². The number of nitrogens with zero attached hydrogens (tertiary/aromatic N) is 5. The van der Waals surface area contributed by atoms with E-state index < -0.39 is 0 Å². The summed E-state index contributed by atoms with van der Waals surface area (Å²) in [7, 11) is 0. The van der Waals surface area contributed by atoms with E-state index in [4.69, 9.17) is 29.1 Å². The molecule has 0 atom stereocenters. The number of halogens is 2. The lowest BCUT2D eigenvalue weighted by atomic mass is 10.3. The molecule has 0 saturated heterocycles. The van der Waals surface area contributed by atoms with Crippen LogP contribution in [-0.2, 0) is 0 Å². The van der Waals surface area contributed by atoms with Gasteiger partial charge >= 0.3 is 0 Å². The molecule has 2 N–H and O–H groups in total. The summed E-state index contributed by atoms with van der Waals surface area (Å²) in [4.78, 5) is 16.9. The third-order valence-corrected chi connectivity index (χ3v) is 5.89. The van der Waals surface area contributed by atoms with Crippen LogP contribution in [0.3, 0.4) is 0 Å². The van der Waals surface area contributed by atoms with Crippen LogP contribution in [0, 0.1) is 0 Å². The summed E-state index contributed by atoms with van der Waals surface area (Å²) in [6.07, 6.45) is 1.35. The molecule has 0 spiro atoms. The number of nitrogen functional groups attached to an aromatic ring is 1. The molecule has 0 unspecified atom stereocenters. The number of aromatic nitrogens is 5. The largest absolute Gasteiger partial charge is 0.382 e. The van der Waals surface area contributed by atoms with Crippen LogP contribution in [-0.4, -0.2) is 24.0 Å². The van der Waals surface area contributed by atoms with Crippen molar-refractivity contribution in [2.75, 3.05) is 5.73 Å². The van der Waals surface area contributed by atoms with E-state index in [1.807, 2.05) is 18.2 Å². The zero-order valence-corrected chi connectivity index (χ0v) is 13.8. The summed E-state index contributed by atoms with van der Waals surface area (Å²) in [6, 6.07) is 5.62. The second kappa shape index (κ2) is 5.24. The first-order valence-corrected chi connectivity index (χ1v) is 8.36. The monoisotopic (exact) mass is 368 g/mol. The van der Waals surface area contributed by atoms with E-state index in [0.717, 1.165) is 14.6 Å². The van der Waals surface area contributed by atoms with Gasteiger partial charge < -0.3 is 5.73 Å². The molecule has 4 rings (SSSR count). The van der Waals surface area contributed by atoms with Crippen molar-refractivity contribution in [3.63, 3.8) is 0 Å². The van der Waals surface area contributed by atoms with E-state index in [2.05, 4.69) is 19.9 Å². The normalized spacial score (nSPS) is 11.5. The minimum atomic E-state index is 0.290.